The highest BCUT2D eigenvalue weighted by Gasteiger charge is 2.11. The summed E-state index contributed by atoms with van der Waals surface area (Å²) >= 11 is 0. The van der Waals surface area contributed by atoms with Crippen molar-refractivity contribution in [1.82, 2.24) is 25.3 Å². The van der Waals surface area contributed by atoms with E-state index in [1.165, 1.54) is 22.4 Å². The molecule has 0 bridgehead atoms. The maximum absolute atomic E-state index is 5.42. The van der Waals surface area contributed by atoms with Crippen molar-refractivity contribution in [3.8, 4) is 0 Å². The smallest absolute Gasteiger partial charge is 0.191 e. The van der Waals surface area contributed by atoms with Crippen LogP contribution in [0.5, 0.6) is 0 Å². The molecule has 0 saturated carbocycles. The predicted molar refractivity (Wildman–Crippen MR) is 117 cm³/mol. The predicted octanol–water partition coefficient (Wildman–Crippen LogP) is 2.12. The van der Waals surface area contributed by atoms with Crippen molar-refractivity contribution in [2.24, 2.45) is 12.0 Å². The Labute approximate surface area is 174 Å². The standard InChI is InChI=1S/C22H34N6O/c1-5-23-22(25-15-21-17(2)26-27(4)18(21)3)24-14-19-6-8-20(9-7-19)16-28-10-12-29-13-11-28/h6-9H,5,10-16H2,1-4H3,(H2,23,24,25). The summed E-state index contributed by atoms with van der Waals surface area (Å²) in [5, 5.41) is 11.2. The van der Waals surface area contributed by atoms with Crippen molar-refractivity contribution >= 4 is 5.96 Å². The summed E-state index contributed by atoms with van der Waals surface area (Å²) in [7, 11) is 1.98. The van der Waals surface area contributed by atoms with Crippen LogP contribution in [0, 0.1) is 13.8 Å². The van der Waals surface area contributed by atoms with E-state index in [1.54, 1.807) is 0 Å². The molecule has 0 aliphatic carbocycles. The maximum Gasteiger partial charge on any atom is 0.191 e. The lowest BCUT2D eigenvalue weighted by Gasteiger charge is -2.26. The Morgan fingerprint density at radius 2 is 1.79 bits per heavy atom. The first kappa shape index (κ1) is 21.3. The second-order valence-electron chi connectivity index (χ2n) is 7.53. The van der Waals surface area contributed by atoms with E-state index in [0.29, 0.717) is 6.54 Å². The van der Waals surface area contributed by atoms with E-state index in [1.807, 2.05) is 18.7 Å². The molecular formula is C22H34N6O. The zero-order valence-electron chi connectivity index (χ0n) is 18.2. The van der Waals surface area contributed by atoms with Crippen LogP contribution in [0.3, 0.4) is 0 Å². The third-order valence-electron chi connectivity index (χ3n) is 5.39. The molecule has 7 nitrogen and oxygen atoms in total. The second kappa shape index (κ2) is 10.4. The van der Waals surface area contributed by atoms with Crippen LogP contribution in [0.1, 0.15) is 35.0 Å². The summed E-state index contributed by atoms with van der Waals surface area (Å²) in [5.41, 5.74) is 6.02. The molecule has 1 aliphatic rings. The number of nitrogens with one attached hydrogen (secondary N) is 2. The van der Waals surface area contributed by atoms with E-state index in [9.17, 15) is 0 Å². The number of nitrogens with zero attached hydrogens (tertiary/aromatic N) is 4. The van der Waals surface area contributed by atoms with E-state index in [0.717, 1.165) is 57.6 Å². The summed E-state index contributed by atoms with van der Waals surface area (Å²) in [6.07, 6.45) is 0. The maximum atomic E-state index is 5.42. The quantitative estimate of drug-likeness (QED) is 0.552. The van der Waals surface area contributed by atoms with Crippen molar-refractivity contribution < 1.29 is 4.74 Å². The van der Waals surface area contributed by atoms with Gasteiger partial charge in [0.25, 0.3) is 0 Å². The number of aryl methyl sites for hydroxylation is 2. The highest BCUT2D eigenvalue weighted by atomic mass is 16.5. The van der Waals surface area contributed by atoms with E-state index in [-0.39, 0.29) is 0 Å². The molecule has 0 spiro atoms. The van der Waals surface area contributed by atoms with E-state index >= 15 is 0 Å². The summed E-state index contributed by atoms with van der Waals surface area (Å²) in [6.45, 7) is 13.1. The molecule has 1 aromatic heterocycles. The second-order valence-corrected chi connectivity index (χ2v) is 7.53. The Balaban J connectivity index is 1.56. The van der Waals surface area contributed by atoms with Crippen LogP contribution in [-0.4, -0.2) is 53.5 Å². The summed E-state index contributed by atoms with van der Waals surface area (Å²) in [4.78, 5) is 7.19. The fourth-order valence-electron chi connectivity index (χ4n) is 3.53. The van der Waals surface area contributed by atoms with Gasteiger partial charge in [0.2, 0.25) is 0 Å². The normalized spacial score (nSPS) is 15.5. The fourth-order valence-corrected chi connectivity index (χ4v) is 3.53. The minimum atomic E-state index is 0.651. The molecule has 158 valence electrons. The van der Waals surface area contributed by atoms with Gasteiger partial charge in [0, 0.05) is 51.0 Å². The monoisotopic (exact) mass is 398 g/mol. The molecule has 0 unspecified atom stereocenters. The molecule has 3 rings (SSSR count). The van der Waals surface area contributed by atoms with E-state index in [4.69, 9.17) is 9.73 Å². The van der Waals surface area contributed by atoms with Crippen molar-refractivity contribution in [2.75, 3.05) is 32.8 Å². The molecule has 1 aliphatic heterocycles. The number of ether oxygens (including phenoxy) is 1. The van der Waals surface area contributed by atoms with Gasteiger partial charge in [-0.3, -0.25) is 9.58 Å². The molecule has 0 amide bonds. The van der Waals surface area contributed by atoms with Crippen LogP contribution < -0.4 is 10.6 Å². The Hall–Kier alpha value is -2.38. The molecule has 2 N–H and O–H groups in total. The van der Waals surface area contributed by atoms with Crippen LogP contribution in [0.2, 0.25) is 0 Å². The van der Waals surface area contributed by atoms with Gasteiger partial charge >= 0.3 is 0 Å². The van der Waals surface area contributed by atoms with Gasteiger partial charge in [0.05, 0.1) is 25.5 Å². The first-order valence-corrected chi connectivity index (χ1v) is 10.5. The summed E-state index contributed by atoms with van der Waals surface area (Å²) in [5.74, 6) is 0.826. The first-order valence-electron chi connectivity index (χ1n) is 10.5. The Kier molecular flexibility index (Phi) is 7.66. The molecule has 1 aromatic carbocycles. The number of rotatable bonds is 7. The van der Waals surface area contributed by atoms with Gasteiger partial charge in [0.1, 0.15) is 0 Å². The van der Waals surface area contributed by atoms with Gasteiger partial charge in [-0.25, -0.2) is 4.99 Å². The molecule has 2 heterocycles. The van der Waals surface area contributed by atoms with Crippen molar-refractivity contribution in [3.63, 3.8) is 0 Å². The Bertz CT molecular complexity index is 805. The molecule has 1 fully saturated rings. The van der Waals surface area contributed by atoms with Crippen LogP contribution >= 0.6 is 0 Å². The first-order chi connectivity index (χ1) is 14.1. The average Bonchev–Trinajstić information content (AvgIpc) is 2.97. The lowest BCUT2D eigenvalue weighted by molar-refractivity contribution is 0.0342. The van der Waals surface area contributed by atoms with Gasteiger partial charge in [0.15, 0.2) is 5.96 Å². The Morgan fingerprint density at radius 3 is 2.41 bits per heavy atom. The van der Waals surface area contributed by atoms with Crippen LogP contribution in [0.4, 0.5) is 0 Å². The topological polar surface area (TPSA) is 66.7 Å². The molecular weight excluding hydrogens is 364 g/mol. The number of hydrogen-bond acceptors (Lipinski definition) is 4. The zero-order chi connectivity index (χ0) is 20.6. The third kappa shape index (κ3) is 6.05. The molecule has 1 saturated heterocycles. The zero-order valence-corrected chi connectivity index (χ0v) is 18.2. The van der Waals surface area contributed by atoms with E-state index < -0.39 is 0 Å². The summed E-state index contributed by atoms with van der Waals surface area (Å²) < 4.78 is 7.35. The minimum Gasteiger partial charge on any atom is -0.379 e. The number of aromatic nitrogens is 2. The number of aliphatic imine (C=N–C) groups is 1. The van der Waals surface area contributed by atoms with Gasteiger partial charge < -0.3 is 15.4 Å². The molecule has 29 heavy (non-hydrogen) atoms. The number of benzene rings is 1. The molecule has 2 aromatic rings. The van der Waals surface area contributed by atoms with Crippen LogP contribution in [-0.2, 0) is 31.4 Å². The minimum absolute atomic E-state index is 0.651. The average molecular weight is 399 g/mol. The molecule has 7 heteroatoms. The number of guanidine groups is 1. The Morgan fingerprint density at radius 1 is 1.10 bits per heavy atom. The van der Waals surface area contributed by atoms with E-state index in [2.05, 4.69) is 58.7 Å². The number of hydrogen-bond donors (Lipinski definition) is 2. The van der Waals surface area contributed by atoms with Gasteiger partial charge in [-0.15, -0.1) is 0 Å². The molecule has 0 atom stereocenters. The van der Waals surface area contributed by atoms with Crippen molar-refractivity contribution in [3.05, 3.63) is 52.3 Å². The lowest BCUT2D eigenvalue weighted by atomic mass is 10.1. The van der Waals surface area contributed by atoms with Crippen LogP contribution in [0.25, 0.3) is 0 Å². The lowest BCUT2D eigenvalue weighted by Crippen LogP contribution is -2.37. The van der Waals surface area contributed by atoms with Gasteiger partial charge in [-0.05, 0) is 31.9 Å². The third-order valence-corrected chi connectivity index (χ3v) is 5.39. The molecule has 0 radical (unpaired) electrons. The summed E-state index contributed by atoms with van der Waals surface area (Å²) in [6, 6.07) is 8.78. The highest BCUT2D eigenvalue weighted by Crippen LogP contribution is 2.12. The largest absolute Gasteiger partial charge is 0.379 e. The number of morpholine rings is 1. The van der Waals surface area contributed by atoms with Gasteiger partial charge in [-0.2, -0.15) is 5.10 Å². The van der Waals surface area contributed by atoms with Crippen LogP contribution in [0.15, 0.2) is 29.3 Å². The van der Waals surface area contributed by atoms with Gasteiger partial charge in [-0.1, -0.05) is 24.3 Å². The SMILES string of the molecule is CCNC(=NCc1ccc(CN2CCOCC2)cc1)NCc1c(C)nn(C)c1C. The van der Waals surface area contributed by atoms with Crippen molar-refractivity contribution in [1.29, 1.82) is 0 Å². The van der Waals surface area contributed by atoms with Crippen molar-refractivity contribution in [2.45, 2.75) is 40.4 Å². The fraction of sp³-hybridized carbons (Fsp3) is 0.545. The highest BCUT2D eigenvalue weighted by molar-refractivity contribution is 5.79.